The van der Waals surface area contributed by atoms with Gasteiger partial charge in [0.25, 0.3) is 0 Å². The van der Waals surface area contributed by atoms with Crippen LogP contribution in [0.3, 0.4) is 0 Å². The van der Waals surface area contributed by atoms with Crippen molar-refractivity contribution in [3.05, 3.63) is 23.5 Å². The van der Waals surface area contributed by atoms with Crippen LogP contribution in [0.25, 0.3) is 0 Å². The van der Waals surface area contributed by atoms with Crippen LogP contribution in [0.5, 0.6) is 0 Å². The summed E-state index contributed by atoms with van der Waals surface area (Å²) < 4.78 is 0. The van der Waals surface area contributed by atoms with E-state index in [1.165, 1.54) is 5.57 Å². The Bertz CT molecular complexity index is 261. The molecule has 0 heterocycles. The molecule has 1 N–H and O–H groups in total. The Labute approximate surface area is 81.2 Å². The molecule has 0 spiro atoms. The van der Waals surface area contributed by atoms with Crippen LogP contribution in [-0.4, -0.2) is 5.11 Å². The van der Waals surface area contributed by atoms with Gasteiger partial charge in [-0.05, 0) is 17.9 Å². The van der Waals surface area contributed by atoms with E-state index in [1.807, 2.05) is 6.08 Å². The second-order valence-electron chi connectivity index (χ2n) is 5.55. The highest BCUT2D eigenvalue weighted by molar-refractivity contribution is 5.28. The molecule has 0 saturated carbocycles. The third kappa shape index (κ3) is 2.15. The molecule has 0 saturated heterocycles. The SMILES string of the molecule is CC(C)(C)C1=CC=C(O)C(C)(C)C1. The van der Waals surface area contributed by atoms with Crippen molar-refractivity contribution >= 4 is 0 Å². The third-order valence-electron chi connectivity index (χ3n) is 2.73. The van der Waals surface area contributed by atoms with Crippen LogP contribution < -0.4 is 0 Å². The van der Waals surface area contributed by atoms with Gasteiger partial charge in [-0.25, -0.2) is 0 Å². The van der Waals surface area contributed by atoms with E-state index < -0.39 is 0 Å². The van der Waals surface area contributed by atoms with Crippen LogP contribution in [0.2, 0.25) is 0 Å². The van der Waals surface area contributed by atoms with E-state index in [4.69, 9.17) is 0 Å². The van der Waals surface area contributed by atoms with Gasteiger partial charge in [0.05, 0.1) is 5.76 Å². The average molecular weight is 180 g/mol. The Kier molecular flexibility index (Phi) is 2.31. The number of aliphatic hydroxyl groups is 1. The van der Waals surface area contributed by atoms with Gasteiger partial charge in [0.2, 0.25) is 0 Å². The van der Waals surface area contributed by atoms with Crippen LogP contribution in [-0.2, 0) is 0 Å². The Morgan fingerprint density at radius 1 is 1.23 bits per heavy atom. The first-order valence-corrected chi connectivity index (χ1v) is 4.84. The Hall–Kier alpha value is -0.720. The monoisotopic (exact) mass is 180 g/mol. The van der Waals surface area contributed by atoms with Crippen LogP contribution in [0.4, 0.5) is 0 Å². The summed E-state index contributed by atoms with van der Waals surface area (Å²) in [7, 11) is 0. The number of hydrogen-bond acceptors (Lipinski definition) is 1. The maximum absolute atomic E-state index is 9.64. The van der Waals surface area contributed by atoms with E-state index in [0.29, 0.717) is 5.76 Å². The number of hydrogen-bond donors (Lipinski definition) is 1. The molecule has 0 aliphatic heterocycles. The molecule has 0 aromatic carbocycles. The van der Waals surface area contributed by atoms with Crippen molar-refractivity contribution in [2.24, 2.45) is 10.8 Å². The van der Waals surface area contributed by atoms with Crippen LogP contribution >= 0.6 is 0 Å². The summed E-state index contributed by atoms with van der Waals surface area (Å²) in [4.78, 5) is 0. The molecule has 0 aromatic heterocycles. The van der Waals surface area contributed by atoms with Gasteiger partial charge in [-0.1, -0.05) is 46.3 Å². The molecule has 0 fully saturated rings. The largest absolute Gasteiger partial charge is 0.512 e. The predicted molar refractivity (Wildman–Crippen MR) is 56.6 cm³/mol. The van der Waals surface area contributed by atoms with Crippen molar-refractivity contribution in [1.82, 2.24) is 0 Å². The lowest BCUT2D eigenvalue weighted by molar-refractivity contribution is 0.240. The average Bonchev–Trinajstić information content (AvgIpc) is 1.92. The van der Waals surface area contributed by atoms with Crippen molar-refractivity contribution in [3.8, 4) is 0 Å². The molecule has 0 atom stereocenters. The number of allylic oxidation sites excluding steroid dienone is 4. The second kappa shape index (κ2) is 2.90. The molecule has 13 heavy (non-hydrogen) atoms. The molecule has 1 heteroatoms. The Balaban J connectivity index is 2.97. The molecule has 0 radical (unpaired) electrons. The Morgan fingerprint density at radius 3 is 2.15 bits per heavy atom. The topological polar surface area (TPSA) is 20.2 Å². The fraction of sp³-hybridized carbons (Fsp3) is 0.667. The number of rotatable bonds is 0. The van der Waals surface area contributed by atoms with Gasteiger partial charge >= 0.3 is 0 Å². The highest BCUT2D eigenvalue weighted by Gasteiger charge is 2.31. The first-order chi connectivity index (χ1) is 5.73. The standard InChI is InChI=1S/C12H20O/c1-11(2,3)9-6-7-10(13)12(4,5)8-9/h6-7,13H,8H2,1-5H3. The molecule has 1 aliphatic carbocycles. The quantitative estimate of drug-likeness (QED) is 0.600. The molecule has 0 amide bonds. The van der Waals surface area contributed by atoms with Gasteiger partial charge in [-0.2, -0.15) is 0 Å². The predicted octanol–water partition coefficient (Wildman–Crippen LogP) is 3.83. The van der Waals surface area contributed by atoms with Crippen molar-refractivity contribution in [1.29, 1.82) is 0 Å². The molecule has 1 rings (SSSR count). The van der Waals surface area contributed by atoms with E-state index in [9.17, 15) is 5.11 Å². The minimum atomic E-state index is -0.0859. The molecular formula is C12H20O. The van der Waals surface area contributed by atoms with E-state index in [2.05, 4.69) is 40.7 Å². The van der Waals surface area contributed by atoms with E-state index in [-0.39, 0.29) is 10.8 Å². The first-order valence-electron chi connectivity index (χ1n) is 4.84. The van der Waals surface area contributed by atoms with Crippen molar-refractivity contribution < 1.29 is 5.11 Å². The molecule has 0 aromatic rings. The lowest BCUT2D eigenvalue weighted by Crippen LogP contribution is -2.23. The van der Waals surface area contributed by atoms with Crippen molar-refractivity contribution in [2.75, 3.05) is 0 Å². The van der Waals surface area contributed by atoms with Gasteiger partial charge < -0.3 is 5.11 Å². The molecule has 0 bridgehead atoms. The summed E-state index contributed by atoms with van der Waals surface area (Å²) in [5.41, 5.74) is 1.54. The van der Waals surface area contributed by atoms with Gasteiger partial charge in [0.1, 0.15) is 0 Å². The summed E-state index contributed by atoms with van der Waals surface area (Å²) in [6.45, 7) is 10.8. The van der Waals surface area contributed by atoms with Gasteiger partial charge in [-0.15, -0.1) is 0 Å². The lowest BCUT2D eigenvalue weighted by Gasteiger charge is -2.34. The highest BCUT2D eigenvalue weighted by Crippen LogP contribution is 2.41. The summed E-state index contributed by atoms with van der Waals surface area (Å²) in [6.07, 6.45) is 4.85. The first kappa shape index (κ1) is 10.4. The fourth-order valence-corrected chi connectivity index (χ4v) is 1.55. The number of aliphatic hydroxyl groups excluding tert-OH is 1. The minimum Gasteiger partial charge on any atom is -0.512 e. The zero-order chi connectivity index (χ0) is 10.3. The maximum atomic E-state index is 9.64. The van der Waals surface area contributed by atoms with Crippen LogP contribution in [0.15, 0.2) is 23.5 Å². The molecule has 1 nitrogen and oxygen atoms in total. The molecule has 1 aliphatic rings. The van der Waals surface area contributed by atoms with E-state index in [1.54, 1.807) is 0 Å². The molecule has 74 valence electrons. The summed E-state index contributed by atoms with van der Waals surface area (Å²) in [5, 5.41) is 9.64. The highest BCUT2D eigenvalue weighted by atomic mass is 16.3. The van der Waals surface area contributed by atoms with E-state index >= 15 is 0 Å². The van der Waals surface area contributed by atoms with Crippen LogP contribution in [0, 0.1) is 10.8 Å². The van der Waals surface area contributed by atoms with Crippen LogP contribution in [0.1, 0.15) is 41.0 Å². The van der Waals surface area contributed by atoms with Gasteiger partial charge in [0, 0.05) is 5.41 Å². The summed E-state index contributed by atoms with van der Waals surface area (Å²) >= 11 is 0. The third-order valence-corrected chi connectivity index (χ3v) is 2.73. The summed E-state index contributed by atoms with van der Waals surface area (Å²) in [6, 6.07) is 0. The smallest absolute Gasteiger partial charge is 0.0981 e. The normalized spacial score (nSPS) is 22.2. The summed E-state index contributed by atoms with van der Waals surface area (Å²) in [5.74, 6) is 0.500. The zero-order valence-electron chi connectivity index (χ0n) is 9.31. The molecular weight excluding hydrogens is 160 g/mol. The van der Waals surface area contributed by atoms with Crippen molar-refractivity contribution in [2.45, 2.75) is 41.0 Å². The minimum absolute atomic E-state index is 0.0859. The van der Waals surface area contributed by atoms with E-state index in [0.717, 1.165) is 6.42 Å². The maximum Gasteiger partial charge on any atom is 0.0981 e. The Morgan fingerprint density at radius 2 is 1.77 bits per heavy atom. The lowest BCUT2D eigenvalue weighted by atomic mass is 9.72. The second-order valence-corrected chi connectivity index (χ2v) is 5.55. The van der Waals surface area contributed by atoms with Crippen molar-refractivity contribution in [3.63, 3.8) is 0 Å². The zero-order valence-corrected chi connectivity index (χ0v) is 9.31. The van der Waals surface area contributed by atoms with Gasteiger partial charge in [-0.3, -0.25) is 0 Å². The van der Waals surface area contributed by atoms with Gasteiger partial charge in [0.15, 0.2) is 0 Å². The fourth-order valence-electron chi connectivity index (χ4n) is 1.55. The molecule has 0 unspecified atom stereocenters.